The summed E-state index contributed by atoms with van der Waals surface area (Å²) in [7, 11) is 5.77. The van der Waals surface area contributed by atoms with Crippen LogP contribution in [0.5, 0.6) is 0 Å². The average Bonchev–Trinajstić information content (AvgIpc) is 2.42. The topological polar surface area (TPSA) is 23.6 Å². The fourth-order valence-electron chi connectivity index (χ4n) is 2.46. The summed E-state index contributed by atoms with van der Waals surface area (Å²) >= 11 is 0. The predicted octanol–water partition coefficient (Wildman–Crippen LogP) is 1.98. The lowest BCUT2D eigenvalue weighted by Gasteiger charge is -2.37. The Bertz CT molecular complexity index is 388. The number of benzene rings is 1. The highest BCUT2D eigenvalue weighted by molar-refractivity contribution is 6.04. The van der Waals surface area contributed by atoms with E-state index in [9.17, 15) is 4.79 Å². The number of amides is 1. The number of para-hydroxylation sites is 1. The van der Waals surface area contributed by atoms with Gasteiger partial charge in [-0.2, -0.15) is 0 Å². The van der Waals surface area contributed by atoms with E-state index >= 15 is 0 Å². The van der Waals surface area contributed by atoms with Crippen LogP contribution in [-0.2, 0) is 4.79 Å². The normalized spacial score (nSPS) is 17.6. The van der Waals surface area contributed by atoms with Gasteiger partial charge in [0.05, 0.1) is 0 Å². The Morgan fingerprint density at radius 3 is 2.50 bits per heavy atom. The monoisotopic (exact) mass is 242 g/mol. The molecule has 0 atom stereocenters. The minimum absolute atomic E-state index is 0.191. The SMILES string of the molecule is [B]N1CCC(N(C(=O)CC)c2ccccc2)CC1. The van der Waals surface area contributed by atoms with E-state index in [-0.39, 0.29) is 11.9 Å². The highest BCUT2D eigenvalue weighted by Crippen LogP contribution is 2.23. The first kappa shape index (κ1) is 13.2. The van der Waals surface area contributed by atoms with Crippen LogP contribution in [0.2, 0.25) is 0 Å². The van der Waals surface area contributed by atoms with E-state index in [0.717, 1.165) is 31.6 Å². The van der Waals surface area contributed by atoms with E-state index in [1.54, 1.807) is 0 Å². The Hall–Kier alpha value is -1.29. The van der Waals surface area contributed by atoms with Crippen molar-refractivity contribution in [3.8, 4) is 0 Å². The van der Waals surface area contributed by atoms with Crippen LogP contribution in [-0.4, -0.2) is 37.8 Å². The minimum Gasteiger partial charge on any atom is -0.353 e. The first-order valence-corrected chi connectivity index (χ1v) is 6.59. The van der Waals surface area contributed by atoms with Gasteiger partial charge in [-0.3, -0.25) is 4.79 Å². The first-order chi connectivity index (χ1) is 8.72. The Kier molecular flexibility index (Phi) is 4.42. The van der Waals surface area contributed by atoms with Gasteiger partial charge in [0.15, 0.2) is 7.98 Å². The summed E-state index contributed by atoms with van der Waals surface area (Å²) < 4.78 is 0. The summed E-state index contributed by atoms with van der Waals surface area (Å²) in [5, 5.41) is 0. The minimum atomic E-state index is 0.191. The zero-order valence-electron chi connectivity index (χ0n) is 10.9. The van der Waals surface area contributed by atoms with Crippen LogP contribution >= 0.6 is 0 Å². The summed E-state index contributed by atoms with van der Waals surface area (Å²) in [5.41, 5.74) is 1.000. The molecule has 94 valence electrons. The number of carbonyl (C=O) groups is 1. The van der Waals surface area contributed by atoms with Crippen molar-refractivity contribution >= 4 is 19.6 Å². The molecule has 2 rings (SSSR count). The van der Waals surface area contributed by atoms with Gasteiger partial charge < -0.3 is 9.71 Å². The highest BCUT2D eigenvalue weighted by Gasteiger charge is 2.26. The highest BCUT2D eigenvalue weighted by atomic mass is 16.2. The van der Waals surface area contributed by atoms with Gasteiger partial charge in [0.2, 0.25) is 5.91 Å². The number of hydrogen-bond donors (Lipinski definition) is 0. The van der Waals surface area contributed by atoms with E-state index in [0.29, 0.717) is 6.42 Å². The van der Waals surface area contributed by atoms with Crippen molar-refractivity contribution in [1.29, 1.82) is 0 Å². The van der Waals surface area contributed by atoms with Crippen LogP contribution in [0, 0.1) is 0 Å². The summed E-state index contributed by atoms with van der Waals surface area (Å²) in [6, 6.07) is 10.2. The lowest BCUT2D eigenvalue weighted by molar-refractivity contribution is -0.118. The van der Waals surface area contributed by atoms with Gasteiger partial charge >= 0.3 is 0 Å². The van der Waals surface area contributed by atoms with Crippen molar-refractivity contribution in [1.82, 2.24) is 4.81 Å². The maximum absolute atomic E-state index is 12.2. The zero-order valence-corrected chi connectivity index (χ0v) is 10.9. The number of hydrogen-bond acceptors (Lipinski definition) is 2. The largest absolute Gasteiger partial charge is 0.353 e. The van der Waals surface area contributed by atoms with Gasteiger partial charge in [0.25, 0.3) is 0 Å². The zero-order chi connectivity index (χ0) is 13.0. The molecule has 2 radical (unpaired) electrons. The Morgan fingerprint density at radius 2 is 1.94 bits per heavy atom. The Balaban J connectivity index is 2.18. The van der Waals surface area contributed by atoms with Crippen LogP contribution in [0.3, 0.4) is 0 Å². The lowest BCUT2D eigenvalue weighted by Crippen LogP contribution is -2.47. The molecule has 0 spiro atoms. The smallest absolute Gasteiger partial charge is 0.226 e. The van der Waals surface area contributed by atoms with E-state index in [4.69, 9.17) is 7.98 Å². The molecule has 18 heavy (non-hydrogen) atoms. The maximum Gasteiger partial charge on any atom is 0.226 e. The standard InChI is InChI=1S/C14H19BN2O/c1-2-14(18)17(12-6-4-3-5-7-12)13-8-10-16(15)11-9-13/h3-7,13H,2,8-11H2,1H3. The van der Waals surface area contributed by atoms with Crippen LogP contribution in [0.15, 0.2) is 30.3 Å². The Morgan fingerprint density at radius 1 is 1.33 bits per heavy atom. The quantitative estimate of drug-likeness (QED) is 0.756. The van der Waals surface area contributed by atoms with Crippen molar-refractivity contribution < 1.29 is 4.79 Å². The lowest BCUT2D eigenvalue weighted by atomic mass is 9.99. The van der Waals surface area contributed by atoms with Crippen LogP contribution in [0.4, 0.5) is 5.69 Å². The Labute approximate surface area is 110 Å². The molecule has 0 bridgehead atoms. The molecule has 1 fully saturated rings. The van der Waals surface area contributed by atoms with Crippen molar-refractivity contribution in [2.75, 3.05) is 18.0 Å². The van der Waals surface area contributed by atoms with E-state index < -0.39 is 0 Å². The maximum atomic E-state index is 12.2. The molecule has 1 aromatic rings. The summed E-state index contributed by atoms with van der Waals surface area (Å²) in [6.45, 7) is 3.62. The first-order valence-electron chi connectivity index (χ1n) is 6.59. The summed E-state index contributed by atoms with van der Waals surface area (Å²) in [6.07, 6.45) is 2.42. The number of nitrogens with zero attached hydrogens (tertiary/aromatic N) is 2. The van der Waals surface area contributed by atoms with E-state index in [2.05, 4.69) is 0 Å². The number of carbonyl (C=O) groups excluding carboxylic acids is 1. The third-order valence-electron chi connectivity index (χ3n) is 3.47. The third kappa shape index (κ3) is 2.93. The molecule has 0 aliphatic carbocycles. The van der Waals surface area contributed by atoms with Gasteiger partial charge in [0.1, 0.15) is 0 Å². The van der Waals surface area contributed by atoms with Crippen LogP contribution in [0.1, 0.15) is 26.2 Å². The fraction of sp³-hybridized carbons (Fsp3) is 0.500. The second-order valence-electron chi connectivity index (χ2n) is 4.72. The molecule has 1 heterocycles. The predicted molar refractivity (Wildman–Crippen MR) is 74.6 cm³/mol. The molecule has 1 saturated heterocycles. The van der Waals surface area contributed by atoms with Gasteiger partial charge in [-0.1, -0.05) is 25.1 Å². The van der Waals surface area contributed by atoms with E-state index in [1.165, 1.54) is 0 Å². The van der Waals surface area contributed by atoms with Crippen molar-refractivity contribution in [3.63, 3.8) is 0 Å². The number of rotatable bonds is 3. The molecule has 1 amide bonds. The molecule has 0 aromatic heterocycles. The number of anilines is 1. The number of piperidine rings is 1. The van der Waals surface area contributed by atoms with E-state index in [1.807, 2.05) is 47.0 Å². The fourth-order valence-corrected chi connectivity index (χ4v) is 2.46. The molecule has 0 N–H and O–H groups in total. The average molecular weight is 242 g/mol. The molecular formula is C14H19BN2O. The molecule has 1 aromatic carbocycles. The molecule has 1 aliphatic rings. The van der Waals surface area contributed by atoms with Crippen molar-refractivity contribution in [2.24, 2.45) is 0 Å². The van der Waals surface area contributed by atoms with Gasteiger partial charge in [-0.05, 0) is 38.1 Å². The molecule has 3 nitrogen and oxygen atoms in total. The molecule has 4 heteroatoms. The summed E-state index contributed by atoms with van der Waals surface area (Å²) in [4.78, 5) is 16.0. The van der Waals surface area contributed by atoms with Crippen LogP contribution in [0.25, 0.3) is 0 Å². The van der Waals surface area contributed by atoms with Crippen molar-refractivity contribution in [3.05, 3.63) is 30.3 Å². The third-order valence-corrected chi connectivity index (χ3v) is 3.47. The van der Waals surface area contributed by atoms with Gasteiger partial charge in [-0.25, -0.2) is 0 Å². The molecule has 0 unspecified atom stereocenters. The van der Waals surface area contributed by atoms with Crippen LogP contribution < -0.4 is 4.90 Å². The second kappa shape index (κ2) is 6.05. The summed E-state index contributed by atoms with van der Waals surface area (Å²) in [5.74, 6) is 0.191. The van der Waals surface area contributed by atoms with Crippen molar-refractivity contribution in [2.45, 2.75) is 32.2 Å². The second-order valence-corrected chi connectivity index (χ2v) is 4.72. The van der Waals surface area contributed by atoms with Gasteiger partial charge in [0, 0.05) is 18.2 Å². The van der Waals surface area contributed by atoms with Gasteiger partial charge in [-0.15, -0.1) is 0 Å². The molecular weight excluding hydrogens is 223 g/mol. The molecule has 1 aliphatic heterocycles. The molecule has 0 saturated carbocycles.